The average molecular weight is 208 g/mol. The summed E-state index contributed by atoms with van der Waals surface area (Å²) >= 11 is 0. The first-order chi connectivity index (χ1) is 6.73. The van der Waals surface area contributed by atoms with Crippen LogP contribution in [0.5, 0.6) is 0 Å². The van der Waals surface area contributed by atoms with Gasteiger partial charge in [0.15, 0.2) is 0 Å². The zero-order chi connectivity index (χ0) is 10.4. The summed E-state index contributed by atoms with van der Waals surface area (Å²) in [6, 6.07) is 11.9. The van der Waals surface area contributed by atoms with Crippen molar-refractivity contribution < 1.29 is 4.43 Å². The van der Waals surface area contributed by atoms with Crippen LogP contribution in [0.1, 0.15) is 20.3 Å². The summed E-state index contributed by atoms with van der Waals surface area (Å²) < 4.78 is 5.99. The molecule has 0 N–H and O–H groups in total. The molecular weight excluding hydrogens is 188 g/mol. The van der Waals surface area contributed by atoms with Crippen molar-refractivity contribution >= 4 is 13.5 Å². The van der Waals surface area contributed by atoms with E-state index in [4.69, 9.17) is 4.43 Å². The molecule has 0 saturated heterocycles. The lowest BCUT2D eigenvalue weighted by Crippen LogP contribution is -2.47. The maximum Gasteiger partial charge on any atom is 0.221 e. The summed E-state index contributed by atoms with van der Waals surface area (Å²) in [5, 5.41) is 1.42. The topological polar surface area (TPSA) is 9.23 Å². The van der Waals surface area contributed by atoms with E-state index >= 15 is 0 Å². The summed E-state index contributed by atoms with van der Waals surface area (Å²) in [4.78, 5) is 0. The van der Waals surface area contributed by atoms with E-state index in [1.165, 1.54) is 17.7 Å². The lowest BCUT2D eigenvalue weighted by atomic mass is 10.4. The molecule has 0 aliphatic carbocycles. The molecule has 1 atom stereocenters. The number of hydrogen-bond donors (Lipinski definition) is 0. The van der Waals surface area contributed by atoms with Gasteiger partial charge in [-0.05, 0) is 24.7 Å². The second-order valence-electron chi connectivity index (χ2n) is 3.78. The van der Waals surface area contributed by atoms with Gasteiger partial charge in [-0.1, -0.05) is 43.7 Å². The van der Waals surface area contributed by atoms with Crippen molar-refractivity contribution in [1.82, 2.24) is 0 Å². The summed E-state index contributed by atoms with van der Waals surface area (Å²) in [5.74, 6) is 0. The molecule has 1 nitrogen and oxygen atoms in total. The summed E-state index contributed by atoms with van der Waals surface area (Å²) in [6.45, 7) is 7.46. The molecule has 1 aromatic carbocycles. The molecule has 1 unspecified atom stereocenters. The molecule has 78 valence electrons. The smallest absolute Gasteiger partial charge is 0.221 e. The minimum Gasteiger partial charge on any atom is -0.413 e. The van der Waals surface area contributed by atoms with Gasteiger partial charge in [0, 0.05) is 6.61 Å². The third kappa shape index (κ3) is 2.69. The molecule has 14 heavy (non-hydrogen) atoms. The first-order valence-corrected chi connectivity index (χ1v) is 8.04. The second kappa shape index (κ2) is 5.32. The van der Waals surface area contributed by atoms with E-state index in [9.17, 15) is 0 Å². The van der Waals surface area contributed by atoms with Crippen LogP contribution in [0.3, 0.4) is 0 Å². The van der Waals surface area contributed by atoms with Crippen LogP contribution in [0.15, 0.2) is 30.3 Å². The van der Waals surface area contributed by atoms with Gasteiger partial charge >= 0.3 is 0 Å². The third-order valence-corrected chi connectivity index (χ3v) is 6.51. The standard InChI is InChI=1S/C12H20OSi/c1-4-11-14(3,13-5-2)12-9-7-6-8-10-12/h6-10H,4-5,11H2,1-3H3. The summed E-state index contributed by atoms with van der Waals surface area (Å²) in [6.07, 6.45) is 1.21. The minimum absolute atomic E-state index is 0.831. The van der Waals surface area contributed by atoms with Gasteiger partial charge in [0.1, 0.15) is 0 Å². The van der Waals surface area contributed by atoms with E-state index in [1.807, 2.05) is 0 Å². The fraction of sp³-hybridized carbons (Fsp3) is 0.500. The fourth-order valence-corrected chi connectivity index (χ4v) is 4.97. The molecule has 0 radical (unpaired) electrons. The van der Waals surface area contributed by atoms with E-state index in [-0.39, 0.29) is 0 Å². The van der Waals surface area contributed by atoms with Crippen LogP contribution in [-0.4, -0.2) is 14.9 Å². The molecule has 0 saturated carbocycles. The Bertz CT molecular complexity index is 252. The Kier molecular flexibility index (Phi) is 4.36. The second-order valence-corrected chi connectivity index (χ2v) is 7.61. The highest BCUT2D eigenvalue weighted by Gasteiger charge is 2.29. The zero-order valence-corrected chi connectivity index (χ0v) is 10.4. The first kappa shape index (κ1) is 11.5. The van der Waals surface area contributed by atoms with Crippen molar-refractivity contribution in [3.8, 4) is 0 Å². The average Bonchev–Trinajstić information content (AvgIpc) is 2.20. The van der Waals surface area contributed by atoms with Crippen LogP contribution in [0.25, 0.3) is 0 Å². The Hall–Kier alpha value is -0.603. The SMILES string of the molecule is CCC[Si](C)(OCC)c1ccccc1. The Morgan fingerprint density at radius 2 is 1.79 bits per heavy atom. The molecule has 0 amide bonds. The molecule has 0 aliphatic rings. The van der Waals surface area contributed by atoms with Crippen LogP contribution in [0.2, 0.25) is 12.6 Å². The van der Waals surface area contributed by atoms with Gasteiger partial charge in [0.05, 0.1) is 0 Å². The van der Waals surface area contributed by atoms with Crippen molar-refractivity contribution in [2.75, 3.05) is 6.61 Å². The maximum absolute atomic E-state index is 5.99. The van der Waals surface area contributed by atoms with Crippen LogP contribution in [0, 0.1) is 0 Å². The highest BCUT2D eigenvalue weighted by molar-refractivity contribution is 6.85. The lowest BCUT2D eigenvalue weighted by molar-refractivity contribution is 0.333. The van der Waals surface area contributed by atoms with Crippen molar-refractivity contribution in [2.24, 2.45) is 0 Å². The van der Waals surface area contributed by atoms with E-state index < -0.39 is 8.32 Å². The summed E-state index contributed by atoms with van der Waals surface area (Å²) in [7, 11) is -1.63. The molecule has 0 fully saturated rings. The molecule has 0 heterocycles. The predicted octanol–water partition coefficient (Wildman–Crippen LogP) is 2.92. The Balaban J connectivity index is 2.87. The van der Waals surface area contributed by atoms with Crippen molar-refractivity contribution in [1.29, 1.82) is 0 Å². The van der Waals surface area contributed by atoms with Crippen LogP contribution in [-0.2, 0) is 4.43 Å². The molecule has 1 rings (SSSR count). The Labute approximate surface area is 88.2 Å². The largest absolute Gasteiger partial charge is 0.413 e. The molecule has 0 aromatic heterocycles. The molecule has 0 aliphatic heterocycles. The van der Waals surface area contributed by atoms with Crippen molar-refractivity contribution in [3.05, 3.63) is 30.3 Å². The maximum atomic E-state index is 5.99. The lowest BCUT2D eigenvalue weighted by Gasteiger charge is -2.26. The molecule has 1 aromatic rings. The van der Waals surface area contributed by atoms with Crippen LogP contribution < -0.4 is 5.19 Å². The zero-order valence-electron chi connectivity index (χ0n) is 9.42. The van der Waals surface area contributed by atoms with Crippen molar-refractivity contribution in [3.63, 3.8) is 0 Å². The number of benzene rings is 1. The van der Waals surface area contributed by atoms with Gasteiger partial charge in [-0.3, -0.25) is 0 Å². The van der Waals surface area contributed by atoms with Crippen LogP contribution >= 0.6 is 0 Å². The summed E-state index contributed by atoms with van der Waals surface area (Å²) in [5.41, 5.74) is 0. The van der Waals surface area contributed by atoms with Crippen molar-refractivity contribution in [2.45, 2.75) is 32.9 Å². The highest BCUT2D eigenvalue weighted by atomic mass is 28.4. The van der Waals surface area contributed by atoms with E-state index in [1.54, 1.807) is 0 Å². The third-order valence-electron chi connectivity index (χ3n) is 2.57. The van der Waals surface area contributed by atoms with Gasteiger partial charge in [-0.2, -0.15) is 0 Å². The van der Waals surface area contributed by atoms with Gasteiger partial charge in [-0.25, -0.2) is 0 Å². The Morgan fingerprint density at radius 1 is 1.14 bits per heavy atom. The normalized spacial score (nSPS) is 15.1. The highest BCUT2D eigenvalue weighted by Crippen LogP contribution is 2.13. The van der Waals surface area contributed by atoms with Gasteiger partial charge in [-0.15, -0.1) is 0 Å². The molecular formula is C12H20OSi. The number of rotatable bonds is 5. The van der Waals surface area contributed by atoms with Crippen LogP contribution in [0.4, 0.5) is 0 Å². The molecule has 2 heteroatoms. The quantitative estimate of drug-likeness (QED) is 0.676. The van der Waals surface area contributed by atoms with E-state index in [0.29, 0.717) is 0 Å². The van der Waals surface area contributed by atoms with E-state index in [2.05, 4.69) is 50.7 Å². The van der Waals surface area contributed by atoms with Gasteiger partial charge in [0.25, 0.3) is 0 Å². The fourth-order valence-electron chi connectivity index (χ4n) is 1.89. The predicted molar refractivity (Wildman–Crippen MR) is 64.4 cm³/mol. The molecule has 0 bridgehead atoms. The Morgan fingerprint density at radius 3 is 2.29 bits per heavy atom. The van der Waals surface area contributed by atoms with Gasteiger partial charge < -0.3 is 4.43 Å². The van der Waals surface area contributed by atoms with E-state index in [0.717, 1.165) is 6.61 Å². The number of hydrogen-bond acceptors (Lipinski definition) is 1. The monoisotopic (exact) mass is 208 g/mol. The first-order valence-electron chi connectivity index (χ1n) is 5.42. The molecule has 0 spiro atoms. The minimum atomic E-state index is -1.63. The van der Waals surface area contributed by atoms with Gasteiger partial charge in [0.2, 0.25) is 8.32 Å².